The summed E-state index contributed by atoms with van der Waals surface area (Å²) in [6.07, 6.45) is 0. The van der Waals surface area contributed by atoms with Gasteiger partial charge in [0.15, 0.2) is 5.78 Å². The van der Waals surface area contributed by atoms with E-state index >= 15 is 0 Å². The molecule has 1 unspecified atom stereocenters. The summed E-state index contributed by atoms with van der Waals surface area (Å²) in [5.41, 5.74) is 0.0796. The molecule has 0 aromatic heterocycles. The molecule has 0 bridgehead atoms. The predicted molar refractivity (Wildman–Crippen MR) is 52.5 cm³/mol. The van der Waals surface area contributed by atoms with Gasteiger partial charge in [-0.05, 0) is 6.92 Å². The van der Waals surface area contributed by atoms with Crippen molar-refractivity contribution in [2.24, 2.45) is 5.92 Å². The number of carbonyl (C=O) groups is 2. The molecule has 0 saturated heterocycles. The zero-order valence-corrected chi connectivity index (χ0v) is 8.48. The maximum atomic E-state index is 13.1. The van der Waals surface area contributed by atoms with Crippen LogP contribution in [0.15, 0.2) is 30.3 Å². The Kier molecular flexibility index (Phi) is 3.37. The third-order valence-corrected chi connectivity index (χ3v) is 2.28. The summed E-state index contributed by atoms with van der Waals surface area (Å²) in [5.74, 6) is -9.10. The highest BCUT2D eigenvalue weighted by Gasteiger charge is 2.48. The normalized spacial score (nSPS) is 13.2. The van der Waals surface area contributed by atoms with E-state index in [0.29, 0.717) is 0 Å². The highest BCUT2D eigenvalue weighted by Crippen LogP contribution is 2.27. The lowest BCUT2D eigenvalue weighted by atomic mass is 9.93. The van der Waals surface area contributed by atoms with Gasteiger partial charge in [-0.25, -0.2) is 4.79 Å². The van der Waals surface area contributed by atoms with Crippen molar-refractivity contribution in [1.29, 1.82) is 0 Å². The van der Waals surface area contributed by atoms with E-state index in [1.54, 1.807) is 6.07 Å². The topological polar surface area (TPSA) is 54.4 Å². The van der Waals surface area contributed by atoms with Crippen LogP contribution in [-0.2, 0) is 4.79 Å². The number of alkyl halides is 2. The number of hydrogen-bond acceptors (Lipinski definition) is 2. The molecule has 1 aromatic rings. The van der Waals surface area contributed by atoms with Gasteiger partial charge in [0.25, 0.3) is 0 Å². The largest absolute Gasteiger partial charge is 0.477 e. The van der Waals surface area contributed by atoms with E-state index in [1.165, 1.54) is 24.3 Å². The minimum atomic E-state index is -4.05. The van der Waals surface area contributed by atoms with E-state index in [4.69, 9.17) is 5.11 Å². The van der Waals surface area contributed by atoms with Crippen LogP contribution in [0, 0.1) is 5.92 Å². The van der Waals surface area contributed by atoms with Gasteiger partial charge in [0.1, 0.15) is 0 Å². The van der Waals surface area contributed by atoms with E-state index < -0.39 is 23.6 Å². The van der Waals surface area contributed by atoms with Crippen molar-refractivity contribution in [1.82, 2.24) is 0 Å². The highest BCUT2D eigenvalue weighted by atomic mass is 19.3. The fourth-order valence-electron chi connectivity index (χ4n) is 1.20. The second kappa shape index (κ2) is 4.38. The van der Waals surface area contributed by atoms with Gasteiger partial charge < -0.3 is 5.11 Å². The first kappa shape index (κ1) is 12.3. The third-order valence-electron chi connectivity index (χ3n) is 2.28. The lowest BCUT2D eigenvalue weighted by Crippen LogP contribution is -2.39. The fourth-order valence-corrected chi connectivity index (χ4v) is 1.20. The SMILES string of the molecule is CC(C(=O)c1ccccc1)C(F)(F)C(=O)O. The third kappa shape index (κ3) is 2.24. The van der Waals surface area contributed by atoms with Crippen molar-refractivity contribution in [2.75, 3.05) is 0 Å². The van der Waals surface area contributed by atoms with Crippen molar-refractivity contribution in [3.8, 4) is 0 Å². The van der Waals surface area contributed by atoms with E-state index in [-0.39, 0.29) is 5.56 Å². The Balaban J connectivity index is 2.96. The van der Waals surface area contributed by atoms with Gasteiger partial charge in [-0.3, -0.25) is 4.79 Å². The number of carboxylic acid groups (broad SMARTS) is 1. The number of Topliss-reactive ketones (excluding diaryl/α,β-unsaturated/α-hetero) is 1. The Hall–Kier alpha value is -1.78. The highest BCUT2D eigenvalue weighted by molar-refractivity contribution is 6.00. The Morgan fingerprint density at radius 2 is 1.75 bits per heavy atom. The lowest BCUT2D eigenvalue weighted by Gasteiger charge is -2.18. The second-order valence-corrected chi connectivity index (χ2v) is 3.38. The van der Waals surface area contributed by atoms with Gasteiger partial charge in [0.05, 0.1) is 5.92 Å². The summed E-state index contributed by atoms with van der Waals surface area (Å²) in [4.78, 5) is 21.8. The molecule has 0 spiro atoms. The molecule has 1 N–H and O–H groups in total. The smallest absolute Gasteiger partial charge is 0.375 e. The van der Waals surface area contributed by atoms with E-state index in [2.05, 4.69) is 0 Å². The monoisotopic (exact) mass is 228 g/mol. The van der Waals surface area contributed by atoms with Crippen LogP contribution in [-0.4, -0.2) is 22.8 Å². The molecule has 0 radical (unpaired) electrons. The Bertz CT molecular complexity index is 401. The Labute approximate surface area is 90.7 Å². The van der Waals surface area contributed by atoms with Gasteiger partial charge >= 0.3 is 11.9 Å². The molecule has 86 valence electrons. The van der Waals surface area contributed by atoms with Gasteiger partial charge in [-0.15, -0.1) is 0 Å². The number of benzene rings is 1. The molecule has 0 saturated carbocycles. The van der Waals surface area contributed by atoms with E-state index in [9.17, 15) is 18.4 Å². The molecule has 0 aliphatic rings. The van der Waals surface area contributed by atoms with Crippen molar-refractivity contribution >= 4 is 11.8 Å². The van der Waals surface area contributed by atoms with Gasteiger partial charge in [-0.2, -0.15) is 8.78 Å². The molecule has 0 aliphatic carbocycles. The molecule has 0 fully saturated rings. The van der Waals surface area contributed by atoms with Gasteiger partial charge in [-0.1, -0.05) is 30.3 Å². The first-order chi connectivity index (χ1) is 7.37. The van der Waals surface area contributed by atoms with Crippen LogP contribution < -0.4 is 0 Å². The number of carboxylic acids is 1. The van der Waals surface area contributed by atoms with Gasteiger partial charge in [0.2, 0.25) is 0 Å². The second-order valence-electron chi connectivity index (χ2n) is 3.38. The summed E-state index contributed by atoms with van der Waals surface area (Å²) in [5, 5.41) is 8.31. The average molecular weight is 228 g/mol. The molecule has 16 heavy (non-hydrogen) atoms. The zero-order valence-electron chi connectivity index (χ0n) is 8.48. The van der Waals surface area contributed by atoms with Crippen molar-refractivity contribution in [3.63, 3.8) is 0 Å². The van der Waals surface area contributed by atoms with E-state index in [1.807, 2.05) is 0 Å². The minimum Gasteiger partial charge on any atom is -0.477 e. The van der Waals surface area contributed by atoms with Crippen LogP contribution in [0.1, 0.15) is 17.3 Å². The van der Waals surface area contributed by atoms with Crippen molar-refractivity contribution in [2.45, 2.75) is 12.8 Å². The van der Waals surface area contributed by atoms with Crippen LogP contribution in [0.5, 0.6) is 0 Å². The molecule has 3 nitrogen and oxygen atoms in total. The van der Waals surface area contributed by atoms with Crippen LogP contribution in [0.2, 0.25) is 0 Å². The standard InChI is InChI=1S/C11H10F2O3/c1-7(11(12,13)10(15)16)9(14)8-5-3-2-4-6-8/h2-7H,1H3,(H,15,16). The molecule has 0 heterocycles. The maximum Gasteiger partial charge on any atom is 0.375 e. The molecule has 5 heteroatoms. The molecule has 1 rings (SSSR count). The van der Waals surface area contributed by atoms with Crippen LogP contribution in [0.4, 0.5) is 8.78 Å². The number of rotatable bonds is 4. The molecular formula is C11H10F2O3. The minimum absolute atomic E-state index is 0.0796. The van der Waals surface area contributed by atoms with Crippen molar-refractivity contribution in [3.05, 3.63) is 35.9 Å². The number of ketones is 1. The molecule has 0 amide bonds. The summed E-state index contributed by atoms with van der Waals surface area (Å²) < 4.78 is 26.1. The lowest BCUT2D eigenvalue weighted by molar-refractivity contribution is -0.169. The summed E-state index contributed by atoms with van der Waals surface area (Å²) in [6, 6.07) is 7.43. The number of carbonyl (C=O) groups excluding carboxylic acids is 1. The predicted octanol–water partition coefficient (Wildman–Crippen LogP) is 2.23. The summed E-state index contributed by atoms with van der Waals surface area (Å²) >= 11 is 0. The zero-order chi connectivity index (χ0) is 12.3. The van der Waals surface area contributed by atoms with E-state index in [0.717, 1.165) is 6.92 Å². The number of hydrogen-bond donors (Lipinski definition) is 1. The molecule has 0 aliphatic heterocycles. The number of aliphatic carboxylic acids is 1. The fraction of sp³-hybridized carbons (Fsp3) is 0.273. The molecule has 1 atom stereocenters. The Morgan fingerprint density at radius 1 is 1.25 bits per heavy atom. The molecular weight excluding hydrogens is 218 g/mol. The number of halogens is 2. The van der Waals surface area contributed by atoms with Crippen LogP contribution in [0.3, 0.4) is 0 Å². The summed E-state index contributed by atoms with van der Waals surface area (Å²) in [7, 11) is 0. The average Bonchev–Trinajstić information content (AvgIpc) is 2.28. The Morgan fingerprint density at radius 3 is 2.19 bits per heavy atom. The van der Waals surface area contributed by atoms with Crippen LogP contribution in [0.25, 0.3) is 0 Å². The first-order valence-corrected chi connectivity index (χ1v) is 4.58. The maximum absolute atomic E-state index is 13.1. The summed E-state index contributed by atoms with van der Waals surface area (Å²) in [6.45, 7) is 0.906. The first-order valence-electron chi connectivity index (χ1n) is 4.58. The van der Waals surface area contributed by atoms with Crippen molar-refractivity contribution < 1.29 is 23.5 Å². The quantitative estimate of drug-likeness (QED) is 0.804. The van der Waals surface area contributed by atoms with Crippen LogP contribution >= 0.6 is 0 Å². The molecule has 1 aromatic carbocycles. The van der Waals surface area contributed by atoms with Gasteiger partial charge in [0, 0.05) is 5.56 Å².